The van der Waals surface area contributed by atoms with Gasteiger partial charge in [-0.2, -0.15) is 0 Å². The number of nitrogens with one attached hydrogen (secondary N) is 2. The maximum Gasteiger partial charge on any atom is 0.318 e. The number of urea groups is 1. The molecule has 0 unspecified atom stereocenters. The summed E-state index contributed by atoms with van der Waals surface area (Å²) < 4.78 is 5.34. The number of aromatic amines is 1. The third kappa shape index (κ3) is 3.82. The second kappa shape index (κ2) is 8.79. The number of nitrogens with zero attached hydrogens (tertiary/aromatic N) is 1. The number of carbonyl (C=O) groups excluding carboxylic acids is 1. The summed E-state index contributed by atoms with van der Waals surface area (Å²) in [6, 6.07) is 26.4. The van der Waals surface area contributed by atoms with Gasteiger partial charge in [-0.1, -0.05) is 60.7 Å². The van der Waals surface area contributed by atoms with Gasteiger partial charge in [0.25, 0.3) is 0 Å². The first-order valence-corrected chi connectivity index (χ1v) is 11.1. The van der Waals surface area contributed by atoms with Crippen molar-refractivity contribution in [2.45, 2.75) is 18.9 Å². The number of ether oxygens (including phenoxy) is 1. The van der Waals surface area contributed by atoms with Gasteiger partial charge in [-0.3, -0.25) is 0 Å². The van der Waals surface area contributed by atoms with Crippen LogP contribution in [0.2, 0.25) is 0 Å². The standard InChI is InChI=1S/C27H27N3O2/c1-32-21-13-11-20(12-14-21)26-25-23(22-9-5-6-10-24(22)29-25)16-18-30(26)27(31)28-17-15-19-7-3-2-4-8-19/h2-14,26,29H,15-18H2,1H3,(H,28,31)/t26-/m1/s1. The van der Waals surface area contributed by atoms with Crippen molar-refractivity contribution >= 4 is 16.9 Å². The normalized spacial score (nSPS) is 15.4. The van der Waals surface area contributed by atoms with Gasteiger partial charge >= 0.3 is 6.03 Å². The molecule has 5 rings (SSSR count). The number of hydrogen-bond donors (Lipinski definition) is 2. The largest absolute Gasteiger partial charge is 0.497 e. The van der Waals surface area contributed by atoms with Gasteiger partial charge in [0.2, 0.25) is 0 Å². The van der Waals surface area contributed by atoms with Gasteiger partial charge < -0.3 is 19.9 Å². The quantitative estimate of drug-likeness (QED) is 0.469. The van der Waals surface area contributed by atoms with Crippen molar-refractivity contribution in [1.82, 2.24) is 15.2 Å². The van der Waals surface area contributed by atoms with Crippen molar-refractivity contribution < 1.29 is 9.53 Å². The van der Waals surface area contributed by atoms with Crippen LogP contribution in [0.15, 0.2) is 78.9 Å². The van der Waals surface area contributed by atoms with Crippen molar-refractivity contribution in [2.75, 3.05) is 20.2 Å². The van der Waals surface area contributed by atoms with Crippen LogP contribution >= 0.6 is 0 Å². The molecule has 32 heavy (non-hydrogen) atoms. The second-order valence-electron chi connectivity index (χ2n) is 8.15. The average molecular weight is 426 g/mol. The van der Waals surface area contributed by atoms with Gasteiger partial charge in [0, 0.05) is 29.7 Å². The summed E-state index contributed by atoms with van der Waals surface area (Å²) in [6.07, 6.45) is 1.64. The number of amides is 2. The number of methoxy groups -OCH3 is 1. The van der Waals surface area contributed by atoms with E-state index in [9.17, 15) is 4.79 Å². The molecule has 162 valence electrons. The Morgan fingerprint density at radius 1 is 1.03 bits per heavy atom. The molecule has 0 fully saturated rings. The zero-order valence-corrected chi connectivity index (χ0v) is 18.2. The molecule has 0 saturated heterocycles. The summed E-state index contributed by atoms with van der Waals surface area (Å²) in [5, 5.41) is 4.38. The molecule has 0 radical (unpaired) electrons. The molecule has 1 aliphatic rings. The third-order valence-electron chi connectivity index (χ3n) is 6.26. The minimum absolute atomic E-state index is 0.0361. The van der Waals surface area contributed by atoms with Crippen LogP contribution in [-0.4, -0.2) is 36.1 Å². The van der Waals surface area contributed by atoms with Gasteiger partial charge in [-0.15, -0.1) is 0 Å². The monoisotopic (exact) mass is 425 g/mol. The van der Waals surface area contributed by atoms with E-state index in [0.717, 1.165) is 35.4 Å². The third-order valence-corrected chi connectivity index (χ3v) is 6.26. The number of para-hydroxylation sites is 1. The number of carbonyl (C=O) groups is 1. The minimum Gasteiger partial charge on any atom is -0.497 e. The topological polar surface area (TPSA) is 57.4 Å². The van der Waals surface area contributed by atoms with Crippen LogP contribution in [0.4, 0.5) is 4.79 Å². The molecule has 1 aromatic heterocycles. The summed E-state index contributed by atoms with van der Waals surface area (Å²) in [4.78, 5) is 18.9. The van der Waals surface area contributed by atoms with Gasteiger partial charge in [0.1, 0.15) is 5.75 Å². The SMILES string of the molecule is COc1ccc([C@@H]2c3[nH]c4ccccc4c3CCN2C(=O)NCCc2ccccc2)cc1. The van der Waals surface area contributed by atoms with Crippen LogP contribution in [-0.2, 0) is 12.8 Å². The van der Waals surface area contributed by atoms with E-state index in [2.05, 4.69) is 40.6 Å². The summed E-state index contributed by atoms with van der Waals surface area (Å²) in [5.74, 6) is 0.806. The molecule has 2 heterocycles. The smallest absolute Gasteiger partial charge is 0.318 e. The zero-order valence-electron chi connectivity index (χ0n) is 18.2. The zero-order chi connectivity index (χ0) is 21.9. The molecular formula is C27H27N3O2. The van der Waals surface area contributed by atoms with Crippen molar-refractivity contribution in [3.05, 3.63) is 101 Å². The van der Waals surface area contributed by atoms with Crippen LogP contribution in [0.3, 0.4) is 0 Å². The number of H-pyrrole nitrogens is 1. The van der Waals surface area contributed by atoms with E-state index < -0.39 is 0 Å². The molecule has 1 atom stereocenters. The summed E-state index contributed by atoms with van der Waals surface area (Å²) >= 11 is 0. The lowest BCUT2D eigenvalue weighted by Crippen LogP contribution is -2.46. The Morgan fingerprint density at radius 3 is 2.56 bits per heavy atom. The summed E-state index contributed by atoms with van der Waals surface area (Å²) in [6.45, 7) is 1.27. The Bertz CT molecular complexity index is 1210. The van der Waals surface area contributed by atoms with E-state index in [-0.39, 0.29) is 12.1 Å². The molecule has 5 heteroatoms. The van der Waals surface area contributed by atoms with Crippen LogP contribution in [0.25, 0.3) is 10.9 Å². The predicted molar refractivity (Wildman–Crippen MR) is 127 cm³/mol. The number of hydrogen-bond acceptors (Lipinski definition) is 2. The summed E-state index contributed by atoms with van der Waals surface area (Å²) in [5.41, 5.74) is 5.80. The Kier molecular flexibility index (Phi) is 5.55. The van der Waals surface area contributed by atoms with E-state index in [1.54, 1.807) is 7.11 Å². The van der Waals surface area contributed by atoms with Crippen LogP contribution < -0.4 is 10.1 Å². The molecule has 0 aliphatic carbocycles. The number of benzene rings is 3. The fraction of sp³-hybridized carbons (Fsp3) is 0.222. The first-order valence-electron chi connectivity index (χ1n) is 11.1. The van der Waals surface area contributed by atoms with Gasteiger partial charge in [-0.25, -0.2) is 4.79 Å². The Balaban J connectivity index is 1.44. The van der Waals surface area contributed by atoms with Gasteiger partial charge in [0.15, 0.2) is 0 Å². The molecule has 2 amide bonds. The Hall–Kier alpha value is -3.73. The van der Waals surface area contributed by atoms with E-state index >= 15 is 0 Å². The highest BCUT2D eigenvalue weighted by Gasteiger charge is 2.34. The maximum absolute atomic E-state index is 13.3. The lowest BCUT2D eigenvalue weighted by molar-refractivity contribution is 0.179. The number of aromatic nitrogens is 1. The van der Waals surface area contributed by atoms with Crippen molar-refractivity contribution in [3.63, 3.8) is 0 Å². The molecule has 0 saturated carbocycles. The molecule has 3 aromatic carbocycles. The Labute approximate surface area is 188 Å². The van der Waals surface area contributed by atoms with E-state index in [1.165, 1.54) is 16.5 Å². The molecule has 5 nitrogen and oxygen atoms in total. The number of fused-ring (bicyclic) bond motifs is 3. The molecule has 2 N–H and O–H groups in total. The van der Waals surface area contributed by atoms with Crippen LogP contribution in [0.5, 0.6) is 5.75 Å². The molecular weight excluding hydrogens is 398 g/mol. The Morgan fingerprint density at radius 2 is 1.78 bits per heavy atom. The summed E-state index contributed by atoms with van der Waals surface area (Å²) in [7, 11) is 1.66. The lowest BCUT2D eigenvalue weighted by atomic mass is 9.92. The van der Waals surface area contributed by atoms with E-state index in [1.807, 2.05) is 53.4 Å². The maximum atomic E-state index is 13.3. The second-order valence-corrected chi connectivity index (χ2v) is 8.15. The average Bonchev–Trinajstić information content (AvgIpc) is 3.23. The molecule has 1 aliphatic heterocycles. The fourth-order valence-electron chi connectivity index (χ4n) is 4.65. The van der Waals surface area contributed by atoms with Crippen LogP contribution in [0.1, 0.15) is 28.4 Å². The van der Waals surface area contributed by atoms with E-state index in [4.69, 9.17) is 4.74 Å². The molecule has 0 bridgehead atoms. The highest BCUT2D eigenvalue weighted by Crippen LogP contribution is 2.38. The van der Waals surface area contributed by atoms with Crippen molar-refractivity contribution in [3.8, 4) is 5.75 Å². The highest BCUT2D eigenvalue weighted by molar-refractivity contribution is 5.86. The lowest BCUT2D eigenvalue weighted by Gasteiger charge is -2.36. The highest BCUT2D eigenvalue weighted by atomic mass is 16.5. The minimum atomic E-state index is -0.172. The molecule has 0 spiro atoms. The van der Waals surface area contributed by atoms with Gasteiger partial charge in [-0.05, 0) is 47.7 Å². The molecule has 4 aromatic rings. The van der Waals surface area contributed by atoms with Crippen molar-refractivity contribution in [1.29, 1.82) is 0 Å². The fourth-order valence-corrected chi connectivity index (χ4v) is 4.65. The number of rotatable bonds is 5. The first kappa shape index (κ1) is 20.2. The van der Waals surface area contributed by atoms with Crippen molar-refractivity contribution in [2.24, 2.45) is 0 Å². The van der Waals surface area contributed by atoms with Gasteiger partial charge in [0.05, 0.1) is 13.2 Å². The van der Waals surface area contributed by atoms with Crippen LogP contribution in [0, 0.1) is 0 Å². The predicted octanol–water partition coefficient (Wildman–Crippen LogP) is 5.08. The van der Waals surface area contributed by atoms with E-state index in [0.29, 0.717) is 13.1 Å². The first-order chi connectivity index (χ1) is 15.7.